The van der Waals surface area contributed by atoms with Crippen LogP contribution in [0.3, 0.4) is 0 Å². The molecule has 0 aliphatic rings. The molecule has 0 bridgehead atoms. The molecule has 0 aliphatic carbocycles. The molecule has 0 radical (unpaired) electrons. The van der Waals surface area contributed by atoms with Crippen molar-refractivity contribution in [3.05, 3.63) is 28.2 Å². The topological polar surface area (TPSA) is 21.3 Å². The van der Waals surface area contributed by atoms with Gasteiger partial charge in [-0.2, -0.15) is 0 Å². The van der Waals surface area contributed by atoms with Crippen molar-refractivity contribution in [3.63, 3.8) is 0 Å². The molecule has 0 aromatic heterocycles. The number of unbranched alkanes of at least 4 members (excludes halogenated alkanes) is 1. The summed E-state index contributed by atoms with van der Waals surface area (Å²) in [5.74, 6) is 1.67. The molecule has 21 heavy (non-hydrogen) atoms. The van der Waals surface area contributed by atoms with E-state index < -0.39 is 0 Å². The van der Waals surface area contributed by atoms with Crippen molar-refractivity contribution in [2.75, 3.05) is 13.2 Å². The van der Waals surface area contributed by atoms with Crippen LogP contribution < -0.4 is 10.1 Å². The Morgan fingerprint density at radius 2 is 1.95 bits per heavy atom. The summed E-state index contributed by atoms with van der Waals surface area (Å²) in [5.41, 5.74) is 1.29. The molecule has 0 spiro atoms. The van der Waals surface area contributed by atoms with Gasteiger partial charge in [-0.05, 0) is 44.0 Å². The van der Waals surface area contributed by atoms with E-state index in [0.29, 0.717) is 18.6 Å². The van der Waals surface area contributed by atoms with Crippen LogP contribution in [0.2, 0.25) is 0 Å². The van der Waals surface area contributed by atoms with Gasteiger partial charge in [0.25, 0.3) is 0 Å². The lowest BCUT2D eigenvalue weighted by Gasteiger charge is -2.29. The second-order valence-electron chi connectivity index (χ2n) is 5.46. The summed E-state index contributed by atoms with van der Waals surface area (Å²) >= 11 is 3.61. The van der Waals surface area contributed by atoms with E-state index in [9.17, 15) is 0 Å². The van der Waals surface area contributed by atoms with Crippen LogP contribution in [0.5, 0.6) is 5.75 Å². The highest BCUT2D eigenvalue weighted by Gasteiger charge is 2.24. The third-order valence-electron chi connectivity index (χ3n) is 3.96. The first-order valence-electron chi connectivity index (χ1n) is 8.33. The first-order chi connectivity index (χ1) is 10.2. The molecule has 120 valence electrons. The monoisotopic (exact) mass is 355 g/mol. The van der Waals surface area contributed by atoms with E-state index in [-0.39, 0.29) is 0 Å². The summed E-state index contributed by atoms with van der Waals surface area (Å²) in [6.45, 7) is 10.5. The highest BCUT2D eigenvalue weighted by molar-refractivity contribution is 9.10. The Labute approximate surface area is 138 Å². The van der Waals surface area contributed by atoms with E-state index in [0.717, 1.165) is 16.8 Å². The van der Waals surface area contributed by atoms with E-state index in [4.69, 9.17) is 4.74 Å². The van der Waals surface area contributed by atoms with Gasteiger partial charge in [-0.15, -0.1) is 0 Å². The predicted molar refractivity (Wildman–Crippen MR) is 95.0 cm³/mol. The molecule has 1 aromatic rings. The van der Waals surface area contributed by atoms with Crippen molar-refractivity contribution < 1.29 is 4.74 Å². The maximum absolute atomic E-state index is 5.86. The molecule has 0 fully saturated rings. The number of ether oxygens (including phenoxy) is 1. The van der Waals surface area contributed by atoms with Gasteiger partial charge in [0.05, 0.1) is 6.61 Å². The number of halogens is 1. The second-order valence-corrected chi connectivity index (χ2v) is 6.38. The van der Waals surface area contributed by atoms with Gasteiger partial charge in [-0.1, -0.05) is 56.0 Å². The minimum Gasteiger partial charge on any atom is -0.494 e. The van der Waals surface area contributed by atoms with Gasteiger partial charge in [0.15, 0.2) is 0 Å². The Balaban J connectivity index is 3.09. The molecular weight excluding hydrogens is 326 g/mol. The fraction of sp³-hybridized carbons (Fsp3) is 0.667. The van der Waals surface area contributed by atoms with Gasteiger partial charge in [0, 0.05) is 16.1 Å². The summed E-state index contributed by atoms with van der Waals surface area (Å²) in [5, 5.41) is 3.68. The third kappa shape index (κ3) is 5.63. The van der Waals surface area contributed by atoms with Gasteiger partial charge in [-0.25, -0.2) is 0 Å². The molecular formula is C18H30BrNO. The quantitative estimate of drug-likeness (QED) is 0.579. The van der Waals surface area contributed by atoms with Crippen LogP contribution in [-0.4, -0.2) is 13.2 Å². The molecule has 1 N–H and O–H groups in total. The molecule has 1 rings (SSSR count). The van der Waals surface area contributed by atoms with Crippen molar-refractivity contribution in [3.8, 4) is 5.75 Å². The van der Waals surface area contributed by atoms with Crippen LogP contribution in [0.4, 0.5) is 0 Å². The van der Waals surface area contributed by atoms with Crippen LogP contribution in [-0.2, 0) is 0 Å². The second kappa shape index (κ2) is 10.2. The van der Waals surface area contributed by atoms with E-state index in [2.05, 4.69) is 60.2 Å². The summed E-state index contributed by atoms with van der Waals surface area (Å²) in [7, 11) is 0. The lowest BCUT2D eigenvalue weighted by atomic mass is 9.86. The van der Waals surface area contributed by atoms with Crippen molar-refractivity contribution >= 4 is 15.9 Å². The Kier molecular flexibility index (Phi) is 9.02. The number of nitrogens with one attached hydrogen (secondary N) is 1. The molecule has 2 unspecified atom stereocenters. The first kappa shape index (κ1) is 18.5. The van der Waals surface area contributed by atoms with Crippen molar-refractivity contribution in [2.45, 2.75) is 59.4 Å². The average molecular weight is 356 g/mol. The summed E-state index contributed by atoms with van der Waals surface area (Å²) in [6, 6.07) is 6.72. The molecule has 0 saturated carbocycles. The Hall–Kier alpha value is -0.540. The largest absolute Gasteiger partial charge is 0.494 e. The van der Waals surface area contributed by atoms with Gasteiger partial charge in [0.2, 0.25) is 0 Å². The highest BCUT2D eigenvalue weighted by Crippen LogP contribution is 2.36. The molecule has 2 nitrogen and oxygen atoms in total. The fourth-order valence-corrected chi connectivity index (χ4v) is 3.25. The Morgan fingerprint density at radius 3 is 2.52 bits per heavy atom. The predicted octanol–water partition coefficient (Wildman–Crippen LogP) is 5.71. The van der Waals surface area contributed by atoms with Crippen molar-refractivity contribution in [1.82, 2.24) is 5.32 Å². The van der Waals surface area contributed by atoms with E-state index in [1.807, 2.05) is 6.92 Å². The summed E-state index contributed by atoms with van der Waals surface area (Å²) in [4.78, 5) is 0. The summed E-state index contributed by atoms with van der Waals surface area (Å²) in [6.07, 6.45) is 5.00. The van der Waals surface area contributed by atoms with E-state index >= 15 is 0 Å². The van der Waals surface area contributed by atoms with E-state index in [1.165, 1.54) is 31.2 Å². The number of hydrogen-bond acceptors (Lipinski definition) is 2. The Morgan fingerprint density at radius 1 is 1.19 bits per heavy atom. The van der Waals surface area contributed by atoms with Crippen LogP contribution in [0.15, 0.2) is 22.7 Å². The van der Waals surface area contributed by atoms with E-state index in [1.54, 1.807) is 0 Å². The molecule has 0 aliphatic heterocycles. The van der Waals surface area contributed by atoms with Gasteiger partial charge < -0.3 is 10.1 Å². The highest BCUT2D eigenvalue weighted by atomic mass is 79.9. The van der Waals surface area contributed by atoms with Crippen LogP contribution in [0.1, 0.15) is 65.0 Å². The molecule has 2 atom stereocenters. The van der Waals surface area contributed by atoms with Crippen LogP contribution in [0.25, 0.3) is 0 Å². The van der Waals surface area contributed by atoms with Crippen molar-refractivity contribution in [2.24, 2.45) is 5.92 Å². The van der Waals surface area contributed by atoms with Gasteiger partial charge in [0.1, 0.15) is 5.75 Å². The maximum atomic E-state index is 5.86. The normalized spacial score (nSPS) is 14.0. The zero-order valence-electron chi connectivity index (χ0n) is 13.9. The minimum absolute atomic E-state index is 0.366. The lowest BCUT2D eigenvalue weighted by Crippen LogP contribution is -2.28. The van der Waals surface area contributed by atoms with Crippen LogP contribution >= 0.6 is 15.9 Å². The maximum Gasteiger partial charge on any atom is 0.124 e. The lowest BCUT2D eigenvalue weighted by molar-refractivity contribution is 0.298. The standard InChI is InChI=1S/C18H30BrNO/c1-5-9-10-14(6-2)18(20-7-3)16-13-15(19)11-12-17(16)21-8-4/h11-14,18,20H,5-10H2,1-4H3. The van der Waals surface area contributed by atoms with Crippen molar-refractivity contribution in [1.29, 1.82) is 0 Å². The van der Waals surface area contributed by atoms with Gasteiger partial charge >= 0.3 is 0 Å². The molecule has 0 heterocycles. The third-order valence-corrected chi connectivity index (χ3v) is 4.45. The molecule has 3 heteroatoms. The molecule has 1 aromatic carbocycles. The smallest absolute Gasteiger partial charge is 0.124 e. The SMILES string of the molecule is CCCCC(CC)C(NCC)c1cc(Br)ccc1OCC. The fourth-order valence-electron chi connectivity index (χ4n) is 2.87. The number of hydrogen-bond donors (Lipinski definition) is 1. The minimum atomic E-state index is 0.366. The first-order valence-corrected chi connectivity index (χ1v) is 9.12. The summed E-state index contributed by atoms with van der Waals surface area (Å²) < 4.78 is 6.98. The van der Waals surface area contributed by atoms with Gasteiger partial charge in [-0.3, -0.25) is 0 Å². The molecule has 0 amide bonds. The molecule has 0 saturated heterocycles. The zero-order valence-corrected chi connectivity index (χ0v) is 15.5. The average Bonchev–Trinajstić information content (AvgIpc) is 2.49. The zero-order chi connectivity index (χ0) is 15.7. The Bertz CT molecular complexity index is 408. The van der Waals surface area contributed by atoms with Crippen LogP contribution in [0, 0.1) is 5.92 Å². The number of rotatable bonds is 10. The number of benzene rings is 1.